The topological polar surface area (TPSA) is 64.3 Å². The third-order valence-electron chi connectivity index (χ3n) is 3.26. The predicted octanol–water partition coefficient (Wildman–Crippen LogP) is 3.41. The lowest BCUT2D eigenvalue weighted by atomic mass is 10.1. The number of nitrogen functional groups attached to an aromatic ring is 1. The number of aryl methyl sites for hydroxylation is 1. The fourth-order valence-electron chi connectivity index (χ4n) is 1.96. The molecular formula is C15H23BrN2O2. The highest BCUT2D eigenvalue weighted by molar-refractivity contribution is 9.10. The summed E-state index contributed by atoms with van der Waals surface area (Å²) in [6.45, 7) is 7.74. The van der Waals surface area contributed by atoms with E-state index in [1.165, 1.54) is 0 Å². The van der Waals surface area contributed by atoms with Crippen molar-refractivity contribution >= 4 is 27.5 Å². The van der Waals surface area contributed by atoms with Crippen molar-refractivity contribution < 1.29 is 9.53 Å². The van der Waals surface area contributed by atoms with Crippen molar-refractivity contribution in [1.29, 1.82) is 0 Å². The first kappa shape index (κ1) is 16.8. The molecule has 1 aromatic rings. The molecule has 1 amide bonds. The highest BCUT2D eigenvalue weighted by Crippen LogP contribution is 2.30. The van der Waals surface area contributed by atoms with Gasteiger partial charge in [-0.3, -0.25) is 4.79 Å². The van der Waals surface area contributed by atoms with E-state index in [1.807, 2.05) is 13.0 Å². The number of carbonyl (C=O) groups is 1. The van der Waals surface area contributed by atoms with Gasteiger partial charge in [0.1, 0.15) is 5.75 Å². The third kappa shape index (κ3) is 4.40. The first-order valence-corrected chi connectivity index (χ1v) is 7.70. The minimum Gasteiger partial charge on any atom is -0.478 e. The zero-order valence-electron chi connectivity index (χ0n) is 12.5. The van der Waals surface area contributed by atoms with Gasteiger partial charge in [-0.1, -0.05) is 29.8 Å². The third-order valence-corrected chi connectivity index (χ3v) is 3.72. The number of ether oxygens (including phenoxy) is 1. The second kappa shape index (κ2) is 7.53. The fourth-order valence-corrected chi connectivity index (χ4v) is 2.55. The fraction of sp³-hybridized carbons (Fsp3) is 0.533. The van der Waals surface area contributed by atoms with E-state index in [9.17, 15) is 4.79 Å². The van der Waals surface area contributed by atoms with E-state index in [-0.39, 0.29) is 11.9 Å². The Kier molecular flexibility index (Phi) is 6.33. The van der Waals surface area contributed by atoms with Crippen LogP contribution in [0.3, 0.4) is 0 Å². The van der Waals surface area contributed by atoms with Gasteiger partial charge < -0.3 is 15.8 Å². The second-order valence-electron chi connectivity index (χ2n) is 4.92. The van der Waals surface area contributed by atoms with Crippen molar-refractivity contribution in [2.45, 2.75) is 52.7 Å². The Morgan fingerprint density at radius 3 is 2.50 bits per heavy atom. The number of nitrogens with one attached hydrogen (secondary N) is 1. The highest BCUT2D eigenvalue weighted by atomic mass is 79.9. The van der Waals surface area contributed by atoms with Crippen molar-refractivity contribution in [3.05, 3.63) is 22.2 Å². The maximum absolute atomic E-state index is 12.1. The van der Waals surface area contributed by atoms with Crippen molar-refractivity contribution in [1.82, 2.24) is 5.32 Å². The molecule has 1 atom stereocenters. The molecule has 112 valence electrons. The Labute approximate surface area is 129 Å². The molecule has 1 aromatic carbocycles. The summed E-state index contributed by atoms with van der Waals surface area (Å²) in [7, 11) is 0. The van der Waals surface area contributed by atoms with Crippen molar-refractivity contribution in [2.75, 3.05) is 5.73 Å². The monoisotopic (exact) mass is 342 g/mol. The summed E-state index contributed by atoms with van der Waals surface area (Å²) in [4.78, 5) is 12.1. The number of halogens is 1. The molecule has 4 nitrogen and oxygen atoms in total. The first-order chi connectivity index (χ1) is 9.38. The molecule has 0 bridgehead atoms. The molecular weight excluding hydrogens is 320 g/mol. The van der Waals surface area contributed by atoms with Crippen molar-refractivity contribution in [3.63, 3.8) is 0 Å². The van der Waals surface area contributed by atoms with Gasteiger partial charge in [-0.2, -0.15) is 0 Å². The van der Waals surface area contributed by atoms with Crippen LogP contribution in [0.25, 0.3) is 0 Å². The SMILES string of the molecule is CCC(CC)NC(=O)C(C)Oc1c(C)cc(Br)cc1N. The molecule has 1 unspecified atom stereocenters. The van der Waals surface area contributed by atoms with Crippen molar-refractivity contribution in [2.24, 2.45) is 0 Å². The Balaban J connectivity index is 2.76. The number of hydrogen-bond acceptors (Lipinski definition) is 3. The van der Waals surface area contributed by atoms with E-state index < -0.39 is 6.10 Å². The number of amides is 1. The maximum Gasteiger partial charge on any atom is 0.260 e. The average Bonchev–Trinajstić information content (AvgIpc) is 2.39. The van der Waals surface area contributed by atoms with E-state index in [2.05, 4.69) is 35.1 Å². The summed E-state index contributed by atoms with van der Waals surface area (Å²) >= 11 is 3.38. The van der Waals surface area contributed by atoms with E-state index in [1.54, 1.807) is 13.0 Å². The number of nitrogens with two attached hydrogens (primary N) is 1. The van der Waals surface area contributed by atoms with Gasteiger partial charge in [0.25, 0.3) is 5.91 Å². The van der Waals surface area contributed by atoms with Gasteiger partial charge in [0.05, 0.1) is 5.69 Å². The summed E-state index contributed by atoms with van der Waals surface area (Å²) in [5.41, 5.74) is 7.37. The highest BCUT2D eigenvalue weighted by Gasteiger charge is 2.19. The molecule has 1 rings (SSSR count). The van der Waals surface area contributed by atoms with Gasteiger partial charge in [-0.05, 0) is 44.4 Å². The quantitative estimate of drug-likeness (QED) is 0.778. The zero-order valence-corrected chi connectivity index (χ0v) is 14.1. The Bertz CT molecular complexity index is 450. The van der Waals surface area contributed by atoms with E-state index in [0.717, 1.165) is 22.9 Å². The predicted molar refractivity (Wildman–Crippen MR) is 85.9 cm³/mol. The van der Waals surface area contributed by atoms with Gasteiger partial charge in [0.2, 0.25) is 0 Å². The summed E-state index contributed by atoms with van der Waals surface area (Å²) in [5, 5.41) is 2.97. The smallest absolute Gasteiger partial charge is 0.260 e. The average molecular weight is 343 g/mol. The summed E-state index contributed by atoms with van der Waals surface area (Å²) in [6.07, 6.45) is 1.25. The molecule has 0 fully saturated rings. The van der Waals surface area contributed by atoms with Crippen LogP contribution in [0.4, 0.5) is 5.69 Å². The number of carbonyl (C=O) groups excluding carboxylic acids is 1. The molecule has 0 aliphatic heterocycles. The van der Waals surface area contributed by atoms with E-state index >= 15 is 0 Å². The lowest BCUT2D eigenvalue weighted by Crippen LogP contribution is -2.42. The van der Waals surface area contributed by atoms with Gasteiger partial charge in [0, 0.05) is 10.5 Å². The van der Waals surface area contributed by atoms with Gasteiger partial charge in [-0.15, -0.1) is 0 Å². The largest absolute Gasteiger partial charge is 0.478 e. The van der Waals surface area contributed by atoms with Crippen molar-refractivity contribution in [3.8, 4) is 5.75 Å². The zero-order chi connectivity index (χ0) is 15.3. The van der Waals surface area contributed by atoms with Crippen LogP contribution in [0.5, 0.6) is 5.75 Å². The molecule has 0 aliphatic carbocycles. The van der Waals surface area contributed by atoms with Gasteiger partial charge >= 0.3 is 0 Å². The Hall–Kier alpha value is -1.23. The Morgan fingerprint density at radius 1 is 1.40 bits per heavy atom. The second-order valence-corrected chi connectivity index (χ2v) is 5.84. The lowest BCUT2D eigenvalue weighted by Gasteiger charge is -2.21. The molecule has 0 saturated heterocycles. The molecule has 20 heavy (non-hydrogen) atoms. The first-order valence-electron chi connectivity index (χ1n) is 6.91. The van der Waals surface area contributed by atoms with Crippen LogP contribution in [0.15, 0.2) is 16.6 Å². The lowest BCUT2D eigenvalue weighted by molar-refractivity contribution is -0.128. The number of hydrogen-bond donors (Lipinski definition) is 2. The summed E-state index contributed by atoms with van der Waals surface area (Å²) in [6, 6.07) is 3.88. The molecule has 0 heterocycles. The maximum atomic E-state index is 12.1. The van der Waals surface area contributed by atoms with Crippen LogP contribution >= 0.6 is 15.9 Å². The molecule has 0 radical (unpaired) electrons. The minimum atomic E-state index is -0.572. The molecule has 0 aromatic heterocycles. The standard InChI is InChI=1S/C15H23BrN2O2/c1-5-12(6-2)18-15(19)10(4)20-14-9(3)7-11(16)8-13(14)17/h7-8,10,12H,5-6,17H2,1-4H3,(H,18,19). The molecule has 5 heteroatoms. The summed E-state index contributed by atoms with van der Waals surface area (Å²) in [5.74, 6) is 0.459. The normalized spacial score (nSPS) is 12.3. The molecule has 0 saturated carbocycles. The molecule has 0 aliphatic rings. The van der Waals surface area contributed by atoms with Crippen LogP contribution in [-0.2, 0) is 4.79 Å². The molecule has 0 spiro atoms. The summed E-state index contributed by atoms with van der Waals surface area (Å²) < 4.78 is 6.62. The van der Waals surface area contributed by atoms with Crippen LogP contribution in [0.2, 0.25) is 0 Å². The number of rotatable bonds is 6. The van der Waals surface area contributed by atoms with Crippen LogP contribution in [0, 0.1) is 6.92 Å². The van der Waals surface area contributed by atoms with E-state index in [4.69, 9.17) is 10.5 Å². The van der Waals surface area contributed by atoms with Crippen LogP contribution in [0.1, 0.15) is 39.2 Å². The van der Waals surface area contributed by atoms with Crippen LogP contribution < -0.4 is 15.8 Å². The van der Waals surface area contributed by atoms with Gasteiger partial charge in [0.15, 0.2) is 6.10 Å². The van der Waals surface area contributed by atoms with Crippen LogP contribution in [-0.4, -0.2) is 18.1 Å². The minimum absolute atomic E-state index is 0.111. The Morgan fingerprint density at radius 2 is 2.00 bits per heavy atom. The van der Waals surface area contributed by atoms with Gasteiger partial charge in [-0.25, -0.2) is 0 Å². The molecule has 3 N–H and O–H groups in total. The number of benzene rings is 1. The number of anilines is 1. The van der Waals surface area contributed by atoms with E-state index in [0.29, 0.717) is 11.4 Å².